The number of likely N-dealkylation sites (tertiary alicyclic amines) is 1. The van der Waals surface area contributed by atoms with E-state index in [-0.39, 0.29) is 23.0 Å². The van der Waals surface area contributed by atoms with E-state index in [9.17, 15) is 23.3 Å². The highest BCUT2D eigenvalue weighted by atomic mass is 35.5. The molecule has 3 aliphatic heterocycles. The van der Waals surface area contributed by atoms with Gasteiger partial charge in [-0.2, -0.15) is 0 Å². The zero-order valence-corrected chi connectivity index (χ0v) is 35.3. The predicted octanol–water partition coefficient (Wildman–Crippen LogP) is 7.15. The number of nitrogens with zero attached hydrogens (tertiary/aromatic N) is 5. The Morgan fingerprint density at radius 1 is 0.967 bits per heavy atom. The number of hydrogen-bond acceptors (Lipinski definition) is 12. The number of piperidine rings is 1. The lowest BCUT2D eigenvalue weighted by molar-refractivity contribution is -0.384. The number of ether oxygens (including phenoxy) is 2. The smallest absolute Gasteiger partial charge is 0.293 e. The average Bonchev–Trinajstić information content (AvgIpc) is 3.60. The third-order valence-electron chi connectivity index (χ3n) is 12.7. The maximum Gasteiger partial charge on any atom is 0.293 e. The molecule has 17 heteroatoms. The number of aromatic amines is 1. The molecule has 3 N–H and O–H groups in total. The van der Waals surface area contributed by atoms with Gasteiger partial charge in [0.25, 0.3) is 21.6 Å². The zero-order valence-electron chi connectivity index (χ0n) is 33.7. The van der Waals surface area contributed by atoms with E-state index < -0.39 is 31.4 Å². The molecule has 61 heavy (non-hydrogen) atoms. The van der Waals surface area contributed by atoms with Gasteiger partial charge < -0.3 is 24.7 Å². The number of fused-ring (bicyclic) bond motifs is 2. The fourth-order valence-corrected chi connectivity index (χ4v) is 10.4. The molecule has 1 amide bonds. The summed E-state index contributed by atoms with van der Waals surface area (Å²) in [5, 5.41) is 17.0. The molecule has 5 aromatic rings. The van der Waals surface area contributed by atoms with Crippen LogP contribution in [-0.4, -0.2) is 104 Å². The molecule has 0 saturated carbocycles. The number of aromatic nitrogens is 2. The van der Waals surface area contributed by atoms with Crippen molar-refractivity contribution in [1.29, 1.82) is 0 Å². The number of nitro groups is 1. The van der Waals surface area contributed by atoms with Gasteiger partial charge in [0.05, 0.1) is 40.8 Å². The van der Waals surface area contributed by atoms with Crippen LogP contribution >= 0.6 is 11.6 Å². The van der Waals surface area contributed by atoms with Crippen molar-refractivity contribution in [2.75, 3.05) is 69.2 Å². The van der Waals surface area contributed by atoms with Crippen molar-refractivity contribution in [2.45, 2.75) is 55.5 Å². The first-order valence-corrected chi connectivity index (χ1v) is 22.9. The Morgan fingerprint density at radius 2 is 1.79 bits per heavy atom. The number of amides is 1. The summed E-state index contributed by atoms with van der Waals surface area (Å²) in [6, 6.07) is 19.3. The van der Waals surface area contributed by atoms with E-state index in [1.54, 1.807) is 30.5 Å². The number of carbonyl (C=O) groups is 1. The van der Waals surface area contributed by atoms with Gasteiger partial charge in [-0.05, 0) is 105 Å². The van der Waals surface area contributed by atoms with Gasteiger partial charge in [-0.1, -0.05) is 30.2 Å². The molecule has 3 aromatic carbocycles. The van der Waals surface area contributed by atoms with Crippen LogP contribution in [0.4, 0.5) is 17.1 Å². The summed E-state index contributed by atoms with van der Waals surface area (Å²) in [6.07, 6.45) is 9.50. The van der Waals surface area contributed by atoms with E-state index in [0.717, 1.165) is 113 Å². The monoisotopic (exact) mass is 868 g/mol. The topological polar surface area (TPSA) is 175 Å². The SMILES string of the molecule is O=C(NS(=O)(=O)c1ccc(NCC2CCN(C3COC3)CC2)c([N+](=O)[O-])c1)c1ccc(N2CCN([C@@H]3CCCCc4c(Cl)cccc43)CC2)cc1Oc1cnc2[nH]ccc2c1. The third kappa shape index (κ3) is 8.91. The summed E-state index contributed by atoms with van der Waals surface area (Å²) < 4.78 is 41.3. The summed E-state index contributed by atoms with van der Waals surface area (Å²) in [7, 11) is -4.56. The maximum atomic E-state index is 13.9. The molecular weight excluding hydrogens is 820 g/mol. The number of piperazine rings is 1. The molecule has 3 fully saturated rings. The van der Waals surface area contributed by atoms with Gasteiger partial charge in [0.2, 0.25) is 0 Å². The van der Waals surface area contributed by atoms with Crippen LogP contribution in [0.25, 0.3) is 11.0 Å². The maximum absolute atomic E-state index is 13.9. The number of rotatable bonds is 12. The van der Waals surface area contributed by atoms with Crippen molar-refractivity contribution in [2.24, 2.45) is 5.92 Å². The number of pyridine rings is 1. The second kappa shape index (κ2) is 17.6. The van der Waals surface area contributed by atoms with Gasteiger partial charge >= 0.3 is 0 Å². The van der Waals surface area contributed by atoms with Gasteiger partial charge in [-0.3, -0.25) is 24.7 Å². The van der Waals surface area contributed by atoms with Crippen molar-refractivity contribution in [3.8, 4) is 11.5 Å². The summed E-state index contributed by atoms with van der Waals surface area (Å²) in [4.78, 5) is 39.8. The first-order chi connectivity index (χ1) is 29.6. The quantitative estimate of drug-likeness (QED) is 0.0658. The average molecular weight is 869 g/mol. The highest BCUT2D eigenvalue weighted by molar-refractivity contribution is 7.90. The lowest BCUT2D eigenvalue weighted by Gasteiger charge is -2.41. The van der Waals surface area contributed by atoms with Gasteiger partial charge in [0.15, 0.2) is 0 Å². The first kappa shape index (κ1) is 41.1. The molecule has 9 rings (SSSR count). The van der Waals surface area contributed by atoms with E-state index in [2.05, 4.69) is 40.8 Å². The van der Waals surface area contributed by atoms with Crippen molar-refractivity contribution in [3.63, 3.8) is 0 Å². The Balaban J connectivity index is 0.914. The second-order valence-corrected chi connectivity index (χ2v) is 18.5. The third-order valence-corrected chi connectivity index (χ3v) is 14.4. The molecule has 320 valence electrons. The summed E-state index contributed by atoms with van der Waals surface area (Å²) in [6.45, 7) is 7.01. The number of anilines is 2. The van der Waals surface area contributed by atoms with Crippen LogP contribution in [0, 0.1) is 16.0 Å². The normalized spacial score (nSPS) is 19.5. The first-order valence-electron chi connectivity index (χ1n) is 21.0. The van der Waals surface area contributed by atoms with Crippen molar-refractivity contribution < 1.29 is 27.6 Å². The molecule has 3 saturated heterocycles. The number of carbonyl (C=O) groups excluding carboxylic acids is 1. The predicted molar refractivity (Wildman–Crippen MR) is 233 cm³/mol. The number of H-pyrrole nitrogens is 1. The molecule has 1 atom stereocenters. The molecule has 4 aliphatic rings. The fraction of sp³-hybridized carbons (Fsp3) is 0.409. The van der Waals surface area contributed by atoms with Gasteiger partial charge in [0.1, 0.15) is 22.8 Å². The van der Waals surface area contributed by atoms with E-state index in [4.69, 9.17) is 21.1 Å². The molecule has 5 heterocycles. The van der Waals surface area contributed by atoms with E-state index >= 15 is 0 Å². The zero-order chi connectivity index (χ0) is 42.1. The molecule has 0 bridgehead atoms. The lowest BCUT2D eigenvalue weighted by Crippen LogP contribution is -2.52. The summed E-state index contributed by atoms with van der Waals surface area (Å²) in [5.74, 6) is -0.141. The number of halogens is 1. The van der Waals surface area contributed by atoms with Gasteiger partial charge in [-0.25, -0.2) is 18.1 Å². The molecular formula is C44H49ClN8O7S. The molecule has 0 spiro atoms. The minimum Gasteiger partial charge on any atom is -0.455 e. The van der Waals surface area contributed by atoms with E-state index in [1.165, 1.54) is 29.5 Å². The van der Waals surface area contributed by atoms with Gasteiger partial charge in [0, 0.05) is 73.2 Å². The second-order valence-electron chi connectivity index (χ2n) is 16.4. The minimum atomic E-state index is -4.56. The van der Waals surface area contributed by atoms with Crippen LogP contribution in [0.1, 0.15) is 59.6 Å². The van der Waals surface area contributed by atoms with Crippen molar-refractivity contribution >= 4 is 55.6 Å². The van der Waals surface area contributed by atoms with E-state index in [1.807, 2.05) is 18.2 Å². The van der Waals surface area contributed by atoms with Crippen LogP contribution in [0.5, 0.6) is 11.5 Å². The number of hydrogen-bond donors (Lipinski definition) is 3. The van der Waals surface area contributed by atoms with Crippen molar-refractivity contribution in [3.05, 3.63) is 111 Å². The Morgan fingerprint density at radius 3 is 2.56 bits per heavy atom. The van der Waals surface area contributed by atoms with Crippen LogP contribution < -0.4 is 19.7 Å². The highest BCUT2D eigenvalue weighted by Gasteiger charge is 2.32. The Bertz CT molecular complexity index is 2530. The minimum absolute atomic E-state index is 0.0317. The molecule has 15 nitrogen and oxygen atoms in total. The Hall–Kier alpha value is -5.26. The lowest BCUT2D eigenvalue weighted by atomic mass is 9.95. The van der Waals surface area contributed by atoms with Crippen LogP contribution in [-0.2, 0) is 21.2 Å². The van der Waals surface area contributed by atoms with Crippen LogP contribution in [0.2, 0.25) is 5.02 Å². The highest BCUT2D eigenvalue weighted by Crippen LogP contribution is 2.38. The summed E-state index contributed by atoms with van der Waals surface area (Å²) in [5.41, 5.74) is 3.83. The van der Waals surface area contributed by atoms with Gasteiger partial charge in [-0.15, -0.1) is 0 Å². The Labute approximate surface area is 359 Å². The number of nitro benzene ring substituents is 1. The number of sulfonamides is 1. The fourth-order valence-electron chi connectivity index (χ4n) is 9.13. The Kier molecular flexibility index (Phi) is 11.9. The molecule has 0 unspecified atom stereocenters. The molecule has 1 aliphatic carbocycles. The largest absolute Gasteiger partial charge is 0.455 e. The standard InChI is InChI=1S/C44H49ClN8O7S/c45-38-6-3-5-36-35(38)4-1-2-7-40(36)52-20-18-51(19-21-52)31-8-10-37(42(23-31)60-33-22-30-12-15-46-43(30)48-26-33)44(54)49-61(57,58)34-9-11-39(41(24-34)53(55)56)47-25-29-13-16-50(17-14-29)32-27-59-28-32/h3,5-6,8-12,15,22-24,26,29,32,40,47H,1-2,4,7,13-14,16-21,25,27-28H2,(H,46,48)(H,49,54)/t40-/m1/s1. The van der Waals surface area contributed by atoms with Crippen molar-refractivity contribution in [1.82, 2.24) is 24.5 Å². The number of benzene rings is 3. The van der Waals surface area contributed by atoms with E-state index in [0.29, 0.717) is 29.9 Å². The number of nitrogens with one attached hydrogen (secondary N) is 3. The molecule has 0 radical (unpaired) electrons. The summed E-state index contributed by atoms with van der Waals surface area (Å²) >= 11 is 6.65. The van der Waals surface area contributed by atoms with Crippen LogP contribution in [0.15, 0.2) is 84.0 Å². The molecule has 2 aromatic heterocycles. The van der Waals surface area contributed by atoms with Crippen LogP contribution in [0.3, 0.4) is 0 Å².